The Morgan fingerprint density at radius 1 is 1.58 bits per heavy atom. The van der Waals surface area contributed by atoms with Gasteiger partial charge in [-0.3, -0.25) is 5.84 Å². The van der Waals surface area contributed by atoms with Crippen molar-refractivity contribution in [2.75, 3.05) is 19.0 Å². The molecule has 1 fully saturated rings. The number of rotatable bonds is 5. The number of nitrogens with zero attached hydrogens (tertiary/aromatic N) is 2. The van der Waals surface area contributed by atoms with Gasteiger partial charge < -0.3 is 10.5 Å². The molecule has 0 unspecified atom stereocenters. The van der Waals surface area contributed by atoms with Crippen molar-refractivity contribution in [1.29, 1.82) is 0 Å². The van der Waals surface area contributed by atoms with Crippen molar-refractivity contribution in [1.82, 2.24) is 9.29 Å². The average Bonchev–Trinajstić information content (AvgIpc) is 2.36. The number of nitrogens with one attached hydrogen (secondary N) is 1. The molecule has 0 atom stereocenters. The Balaban J connectivity index is 2.16. The normalized spacial score (nSPS) is 23.2. The Kier molecular flexibility index (Phi) is 4.04. The van der Waals surface area contributed by atoms with Gasteiger partial charge in [-0.1, -0.05) is 0 Å². The fourth-order valence-electron chi connectivity index (χ4n) is 2.17. The van der Waals surface area contributed by atoms with Crippen LogP contribution in [0.15, 0.2) is 23.4 Å². The van der Waals surface area contributed by atoms with Gasteiger partial charge in [-0.15, -0.1) is 0 Å². The Bertz CT molecular complexity index is 543. The van der Waals surface area contributed by atoms with E-state index >= 15 is 0 Å². The van der Waals surface area contributed by atoms with Gasteiger partial charge in [0.2, 0.25) is 0 Å². The highest BCUT2D eigenvalue weighted by Crippen LogP contribution is 2.29. The van der Waals surface area contributed by atoms with E-state index in [1.54, 1.807) is 12.1 Å². The van der Waals surface area contributed by atoms with E-state index in [2.05, 4.69) is 10.4 Å². The standard InChI is InChI=1S/C11H18N4O3S/c1-15(7-8-5-9(16)6-8)19(17,18)11-10(14-12)3-2-4-13-11/h2-4,8-9,14,16H,5-7,12H2,1H3. The van der Waals surface area contributed by atoms with Crippen LogP contribution >= 0.6 is 0 Å². The first kappa shape index (κ1) is 14.2. The molecule has 0 saturated heterocycles. The Hall–Kier alpha value is -1.22. The number of hydrazine groups is 1. The Morgan fingerprint density at radius 3 is 2.84 bits per heavy atom. The largest absolute Gasteiger partial charge is 0.393 e. The number of nitrogens with two attached hydrogens (primary N) is 1. The van der Waals surface area contributed by atoms with Gasteiger partial charge in [-0.2, -0.15) is 4.31 Å². The van der Waals surface area contributed by atoms with E-state index in [-0.39, 0.29) is 22.7 Å². The van der Waals surface area contributed by atoms with Crippen molar-refractivity contribution in [3.8, 4) is 0 Å². The van der Waals surface area contributed by atoms with Crippen LogP contribution in [0.2, 0.25) is 0 Å². The molecule has 8 heteroatoms. The molecule has 1 aromatic rings. The quantitative estimate of drug-likeness (QED) is 0.509. The SMILES string of the molecule is CN(CC1CC(O)C1)S(=O)(=O)c1ncccc1NN. The summed E-state index contributed by atoms with van der Waals surface area (Å²) in [4.78, 5) is 3.89. The minimum atomic E-state index is -3.67. The molecule has 1 heterocycles. The summed E-state index contributed by atoms with van der Waals surface area (Å²) in [6.45, 7) is 0.375. The van der Waals surface area contributed by atoms with Crippen LogP contribution in [0.1, 0.15) is 12.8 Å². The van der Waals surface area contributed by atoms with Crippen LogP contribution in [0, 0.1) is 5.92 Å². The predicted molar refractivity (Wildman–Crippen MR) is 70.6 cm³/mol. The first-order valence-electron chi connectivity index (χ1n) is 6.01. The zero-order chi connectivity index (χ0) is 14.0. The second kappa shape index (κ2) is 5.41. The lowest BCUT2D eigenvalue weighted by atomic mass is 9.82. The monoisotopic (exact) mass is 286 g/mol. The Morgan fingerprint density at radius 2 is 2.26 bits per heavy atom. The maximum atomic E-state index is 12.4. The Labute approximate surface area is 112 Å². The average molecular weight is 286 g/mol. The second-order valence-corrected chi connectivity index (χ2v) is 6.74. The molecule has 19 heavy (non-hydrogen) atoms. The lowest BCUT2D eigenvalue weighted by Gasteiger charge is -2.34. The van der Waals surface area contributed by atoms with Gasteiger partial charge in [-0.05, 0) is 30.9 Å². The molecule has 0 radical (unpaired) electrons. The van der Waals surface area contributed by atoms with Gasteiger partial charge in [0.25, 0.3) is 10.0 Å². The minimum absolute atomic E-state index is 0.0835. The zero-order valence-electron chi connectivity index (χ0n) is 10.7. The maximum absolute atomic E-state index is 12.4. The molecular formula is C11H18N4O3S. The summed E-state index contributed by atoms with van der Waals surface area (Å²) in [6, 6.07) is 3.16. The highest BCUT2D eigenvalue weighted by atomic mass is 32.2. The smallest absolute Gasteiger partial charge is 0.262 e. The molecule has 106 valence electrons. The van der Waals surface area contributed by atoms with E-state index in [1.807, 2.05) is 0 Å². The summed E-state index contributed by atoms with van der Waals surface area (Å²) in [6.07, 6.45) is 2.40. The fourth-order valence-corrected chi connectivity index (χ4v) is 3.47. The third-order valence-electron chi connectivity index (χ3n) is 3.31. The summed E-state index contributed by atoms with van der Waals surface area (Å²) < 4.78 is 26.0. The van der Waals surface area contributed by atoms with Crippen LogP contribution < -0.4 is 11.3 Å². The number of hydrogen-bond acceptors (Lipinski definition) is 6. The molecule has 1 aromatic heterocycles. The van der Waals surface area contributed by atoms with Crippen molar-refractivity contribution in [3.63, 3.8) is 0 Å². The number of hydrogen-bond donors (Lipinski definition) is 3. The number of aliphatic hydroxyl groups is 1. The van der Waals surface area contributed by atoms with E-state index in [0.717, 1.165) is 0 Å². The highest BCUT2D eigenvalue weighted by molar-refractivity contribution is 7.89. The second-order valence-electron chi connectivity index (χ2n) is 4.78. The van der Waals surface area contributed by atoms with E-state index < -0.39 is 10.0 Å². The van der Waals surface area contributed by atoms with Crippen LogP contribution in [-0.4, -0.2) is 42.5 Å². The zero-order valence-corrected chi connectivity index (χ0v) is 11.5. The molecule has 1 aliphatic rings. The number of pyridine rings is 1. The summed E-state index contributed by atoms with van der Waals surface area (Å²) in [5.41, 5.74) is 2.60. The first-order valence-corrected chi connectivity index (χ1v) is 7.45. The van der Waals surface area contributed by atoms with Crippen LogP contribution in [-0.2, 0) is 10.0 Å². The van der Waals surface area contributed by atoms with Gasteiger partial charge in [0.15, 0.2) is 5.03 Å². The number of nitrogen functional groups attached to an aromatic ring is 1. The number of aliphatic hydroxyl groups excluding tert-OH is 1. The predicted octanol–water partition coefficient (Wildman–Crippen LogP) is -0.241. The molecule has 0 amide bonds. The number of anilines is 1. The molecule has 0 aliphatic heterocycles. The summed E-state index contributed by atoms with van der Waals surface area (Å²) in [5.74, 6) is 5.50. The number of aromatic nitrogens is 1. The molecule has 1 aliphatic carbocycles. The molecule has 4 N–H and O–H groups in total. The lowest BCUT2D eigenvalue weighted by molar-refractivity contribution is 0.0367. The number of sulfonamides is 1. The van der Waals surface area contributed by atoms with Crippen molar-refractivity contribution in [2.24, 2.45) is 11.8 Å². The topological polar surface area (TPSA) is 109 Å². The molecule has 7 nitrogen and oxygen atoms in total. The molecule has 2 rings (SSSR count). The fraction of sp³-hybridized carbons (Fsp3) is 0.545. The lowest BCUT2D eigenvalue weighted by Crippen LogP contribution is -2.40. The van der Waals surface area contributed by atoms with Crippen molar-refractivity contribution in [2.45, 2.75) is 24.0 Å². The molecule has 0 bridgehead atoms. The van der Waals surface area contributed by atoms with Gasteiger partial charge in [-0.25, -0.2) is 13.4 Å². The molecule has 1 saturated carbocycles. The summed E-state index contributed by atoms with van der Waals surface area (Å²) >= 11 is 0. The van der Waals surface area contributed by atoms with E-state index in [4.69, 9.17) is 5.84 Å². The van der Waals surface area contributed by atoms with Crippen molar-refractivity contribution >= 4 is 15.7 Å². The van der Waals surface area contributed by atoms with Crippen LogP contribution in [0.5, 0.6) is 0 Å². The van der Waals surface area contributed by atoms with E-state index in [9.17, 15) is 13.5 Å². The van der Waals surface area contributed by atoms with Gasteiger partial charge in [0, 0.05) is 19.8 Å². The van der Waals surface area contributed by atoms with Gasteiger partial charge >= 0.3 is 0 Å². The van der Waals surface area contributed by atoms with Crippen molar-refractivity contribution < 1.29 is 13.5 Å². The third-order valence-corrected chi connectivity index (χ3v) is 5.09. The van der Waals surface area contributed by atoms with Gasteiger partial charge in [0.1, 0.15) is 0 Å². The van der Waals surface area contributed by atoms with E-state index in [1.165, 1.54) is 17.5 Å². The molecular weight excluding hydrogens is 268 g/mol. The van der Waals surface area contributed by atoms with Crippen LogP contribution in [0.3, 0.4) is 0 Å². The first-order chi connectivity index (χ1) is 8.95. The van der Waals surface area contributed by atoms with Crippen molar-refractivity contribution in [3.05, 3.63) is 18.3 Å². The summed E-state index contributed by atoms with van der Waals surface area (Å²) in [5, 5.41) is 9.14. The summed E-state index contributed by atoms with van der Waals surface area (Å²) in [7, 11) is -2.16. The third kappa shape index (κ3) is 2.86. The van der Waals surface area contributed by atoms with Crippen LogP contribution in [0.4, 0.5) is 5.69 Å². The van der Waals surface area contributed by atoms with E-state index in [0.29, 0.717) is 19.4 Å². The maximum Gasteiger partial charge on any atom is 0.262 e. The highest BCUT2D eigenvalue weighted by Gasteiger charge is 2.33. The molecule has 0 spiro atoms. The molecule has 0 aromatic carbocycles. The van der Waals surface area contributed by atoms with Crippen LogP contribution in [0.25, 0.3) is 0 Å². The van der Waals surface area contributed by atoms with Gasteiger partial charge in [0.05, 0.1) is 11.8 Å². The minimum Gasteiger partial charge on any atom is -0.393 e.